The van der Waals surface area contributed by atoms with Crippen LogP contribution in [0.4, 0.5) is 5.69 Å². The summed E-state index contributed by atoms with van der Waals surface area (Å²) < 4.78 is 12.6. The van der Waals surface area contributed by atoms with Crippen LogP contribution in [0, 0.1) is 0 Å². The molecule has 4 aromatic rings. The fourth-order valence-corrected chi connectivity index (χ4v) is 3.74. The lowest BCUT2D eigenvalue weighted by Crippen LogP contribution is -2.14. The first kappa shape index (κ1) is 18.1. The average Bonchev–Trinajstić information content (AvgIpc) is 3.30. The number of anilines is 1. The number of hydrogen-bond donors (Lipinski definition) is 1. The van der Waals surface area contributed by atoms with Gasteiger partial charge < -0.3 is 14.8 Å². The molecule has 0 atom stereocenters. The molecule has 6 nitrogen and oxygen atoms in total. The Kier molecular flexibility index (Phi) is 4.99. The Bertz CT molecular complexity index is 1120. The Morgan fingerprint density at radius 1 is 1.18 bits per heavy atom. The lowest BCUT2D eigenvalue weighted by molar-refractivity contribution is 0.102. The summed E-state index contributed by atoms with van der Waals surface area (Å²) in [6.45, 7) is 2.44. The number of aromatic nitrogens is 2. The van der Waals surface area contributed by atoms with Crippen molar-refractivity contribution in [3.8, 4) is 22.8 Å². The van der Waals surface area contributed by atoms with Gasteiger partial charge in [-0.1, -0.05) is 12.1 Å². The van der Waals surface area contributed by atoms with Crippen molar-refractivity contribution in [1.82, 2.24) is 9.38 Å². The number of nitrogens with zero attached hydrogens (tertiary/aromatic N) is 2. The highest BCUT2D eigenvalue weighted by molar-refractivity contribution is 7.15. The Morgan fingerprint density at radius 3 is 2.71 bits per heavy atom. The van der Waals surface area contributed by atoms with Gasteiger partial charge in [0.05, 0.1) is 25.1 Å². The van der Waals surface area contributed by atoms with Gasteiger partial charge in [0.15, 0.2) is 4.96 Å². The SMILES string of the molecule is CCOc1ccccc1NC(=O)c1csc2nc(-c3ccc(OC)cc3)cn12. The van der Waals surface area contributed by atoms with Crippen molar-refractivity contribution in [1.29, 1.82) is 0 Å². The van der Waals surface area contributed by atoms with Crippen LogP contribution in [0.2, 0.25) is 0 Å². The van der Waals surface area contributed by atoms with Crippen molar-refractivity contribution in [2.75, 3.05) is 19.0 Å². The van der Waals surface area contributed by atoms with Crippen LogP contribution in [-0.2, 0) is 0 Å². The van der Waals surface area contributed by atoms with E-state index in [1.165, 1.54) is 11.3 Å². The summed E-state index contributed by atoms with van der Waals surface area (Å²) in [4.78, 5) is 18.2. The first-order valence-corrected chi connectivity index (χ1v) is 9.71. The highest BCUT2D eigenvalue weighted by Crippen LogP contribution is 2.27. The molecule has 1 N–H and O–H groups in total. The summed E-state index contributed by atoms with van der Waals surface area (Å²) in [5.41, 5.74) is 2.94. The zero-order valence-electron chi connectivity index (χ0n) is 15.5. The minimum absolute atomic E-state index is 0.211. The number of rotatable bonds is 6. The van der Waals surface area contributed by atoms with E-state index < -0.39 is 0 Å². The lowest BCUT2D eigenvalue weighted by atomic mass is 10.2. The maximum Gasteiger partial charge on any atom is 0.273 e. The van der Waals surface area contributed by atoms with Gasteiger partial charge in [0.1, 0.15) is 17.2 Å². The number of amides is 1. The van der Waals surface area contributed by atoms with Crippen molar-refractivity contribution >= 4 is 27.9 Å². The normalized spacial score (nSPS) is 10.8. The molecule has 28 heavy (non-hydrogen) atoms. The molecule has 7 heteroatoms. The summed E-state index contributed by atoms with van der Waals surface area (Å²) in [6, 6.07) is 15.1. The number of fused-ring (bicyclic) bond motifs is 1. The molecule has 0 aliphatic rings. The third kappa shape index (κ3) is 3.44. The second kappa shape index (κ2) is 7.74. The third-order valence-corrected chi connectivity index (χ3v) is 5.10. The minimum Gasteiger partial charge on any atom is -0.497 e. The second-order valence-corrected chi connectivity index (χ2v) is 6.85. The van der Waals surface area contributed by atoms with Crippen LogP contribution >= 0.6 is 11.3 Å². The summed E-state index contributed by atoms with van der Waals surface area (Å²) in [6.07, 6.45) is 1.87. The number of benzene rings is 2. The molecule has 0 bridgehead atoms. The van der Waals surface area contributed by atoms with Crippen molar-refractivity contribution in [3.05, 3.63) is 65.8 Å². The lowest BCUT2D eigenvalue weighted by Gasteiger charge is -2.10. The molecule has 4 rings (SSSR count). The summed E-state index contributed by atoms with van der Waals surface area (Å²) >= 11 is 1.43. The molecule has 0 saturated heterocycles. The van der Waals surface area contributed by atoms with Crippen molar-refractivity contribution in [2.45, 2.75) is 6.92 Å². The number of para-hydroxylation sites is 2. The van der Waals surface area contributed by atoms with Gasteiger partial charge in [-0.25, -0.2) is 4.98 Å². The average molecular weight is 393 g/mol. The fraction of sp³-hybridized carbons (Fsp3) is 0.143. The van der Waals surface area contributed by atoms with E-state index in [4.69, 9.17) is 9.47 Å². The van der Waals surface area contributed by atoms with E-state index in [-0.39, 0.29) is 5.91 Å². The molecule has 0 fully saturated rings. The van der Waals surface area contributed by atoms with Crippen LogP contribution in [0.25, 0.3) is 16.2 Å². The van der Waals surface area contributed by atoms with Crippen LogP contribution < -0.4 is 14.8 Å². The minimum atomic E-state index is -0.211. The van der Waals surface area contributed by atoms with Gasteiger partial charge in [-0.3, -0.25) is 9.20 Å². The van der Waals surface area contributed by atoms with E-state index in [0.717, 1.165) is 22.0 Å². The first-order chi connectivity index (χ1) is 13.7. The van der Waals surface area contributed by atoms with Crippen LogP contribution in [0.5, 0.6) is 11.5 Å². The number of carbonyl (C=O) groups excluding carboxylic acids is 1. The number of methoxy groups -OCH3 is 1. The Labute approximate surface area is 166 Å². The van der Waals surface area contributed by atoms with E-state index in [9.17, 15) is 4.79 Å². The molecular formula is C21H19N3O3S. The van der Waals surface area contributed by atoms with Crippen LogP contribution in [0.1, 0.15) is 17.4 Å². The molecule has 2 aromatic heterocycles. The van der Waals surface area contributed by atoms with Gasteiger partial charge in [-0.15, -0.1) is 11.3 Å². The zero-order valence-corrected chi connectivity index (χ0v) is 16.3. The van der Waals surface area contributed by atoms with Crippen LogP contribution in [0.3, 0.4) is 0 Å². The molecule has 0 unspecified atom stereocenters. The predicted octanol–water partition coefficient (Wildman–Crippen LogP) is 4.72. The first-order valence-electron chi connectivity index (χ1n) is 8.83. The number of nitrogens with one attached hydrogen (secondary N) is 1. The fourth-order valence-electron chi connectivity index (χ4n) is 2.89. The molecule has 0 aliphatic carbocycles. The van der Waals surface area contributed by atoms with E-state index in [2.05, 4.69) is 10.3 Å². The van der Waals surface area contributed by atoms with E-state index in [1.807, 2.05) is 66.1 Å². The third-order valence-electron chi connectivity index (χ3n) is 4.26. The molecule has 142 valence electrons. The Hall–Kier alpha value is -3.32. The van der Waals surface area contributed by atoms with Gasteiger partial charge in [0.2, 0.25) is 0 Å². The highest BCUT2D eigenvalue weighted by atomic mass is 32.1. The summed E-state index contributed by atoms with van der Waals surface area (Å²) in [5, 5.41) is 4.74. The van der Waals surface area contributed by atoms with E-state index >= 15 is 0 Å². The van der Waals surface area contributed by atoms with Crippen molar-refractivity contribution in [2.24, 2.45) is 0 Å². The Balaban J connectivity index is 1.62. The molecule has 0 spiro atoms. The number of imidazole rings is 1. The van der Waals surface area contributed by atoms with Gasteiger partial charge in [0, 0.05) is 17.1 Å². The predicted molar refractivity (Wildman–Crippen MR) is 111 cm³/mol. The molecule has 2 heterocycles. The van der Waals surface area contributed by atoms with Crippen LogP contribution in [0.15, 0.2) is 60.1 Å². The maximum absolute atomic E-state index is 12.8. The Morgan fingerprint density at radius 2 is 1.96 bits per heavy atom. The molecule has 0 saturated carbocycles. The van der Waals surface area contributed by atoms with Gasteiger partial charge in [-0.05, 0) is 43.3 Å². The molecule has 0 aliphatic heterocycles. The molecule has 2 aromatic carbocycles. The monoisotopic (exact) mass is 393 g/mol. The van der Waals surface area contributed by atoms with Gasteiger partial charge in [0.25, 0.3) is 5.91 Å². The van der Waals surface area contributed by atoms with E-state index in [1.54, 1.807) is 12.5 Å². The number of ether oxygens (including phenoxy) is 2. The summed E-state index contributed by atoms with van der Waals surface area (Å²) in [7, 11) is 1.64. The van der Waals surface area contributed by atoms with Gasteiger partial charge in [-0.2, -0.15) is 0 Å². The topological polar surface area (TPSA) is 64.9 Å². The quantitative estimate of drug-likeness (QED) is 0.515. The van der Waals surface area contributed by atoms with Crippen LogP contribution in [-0.4, -0.2) is 29.0 Å². The molecule has 0 radical (unpaired) electrons. The van der Waals surface area contributed by atoms with E-state index in [0.29, 0.717) is 23.7 Å². The largest absolute Gasteiger partial charge is 0.497 e. The molecule has 1 amide bonds. The van der Waals surface area contributed by atoms with Gasteiger partial charge >= 0.3 is 0 Å². The zero-order chi connectivity index (χ0) is 19.5. The standard InChI is InChI=1S/C21H19N3O3S/c1-3-27-19-7-5-4-6-16(19)22-20(25)18-13-28-21-23-17(12-24(18)21)14-8-10-15(26-2)11-9-14/h4-13H,3H2,1-2H3,(H,22,25). The highest BCUT2D eigenvalue weighted by Gasteiger charge is 2.17. The number of thiazole rings is 1. The second-order valence-electron chi connectivity index (χ2n) is 6.01. The smallest absolute Gasteiger partial charge is 0.273 e. The number of carbonyl (C=O) groups is 1. The summed E-state index contributed by atoms with van der Waals surface area (Å²) in [5.74, 6) is 1.23. The van der Waals surface area contributed by atoms with Crippen molar-refractivity contribution in [3.63, 3.8) is 0 Å². The maximum atomic E-state index is 12.8. The molecular weight excluding hydrogens is 374 g/mol. The van der Waals surface area contributed by atoms with Crippen molar-refractivity contribution < 1.29 is 14.3 Å². The number of hydrogen-bond acceptors (Lipinski definition) is 5.